The van der Waals surface area contributed by atoms with Gasteiger partial charge < -0.3 is 15.5 Å². The largest absolute Gasteiger partial charge is 0.406 e. The Labute approximate surface area is 127 Å². The number of nitrogens with two attached hydrogens (primary N) is 1. The molecule has 0 saturated carbocycles. The first kappa shape index (κ1) is 17.1. The zero-order valence-corrected chi connectivity index (χ0v) is 12.6. The van der Waals surface area contributed by atoms with Crippen LogP contribution >= 0.6 is 0 Å². The first-order valence-corrected chi connectivity index (χ1v) is 7.58. The SMILES string of the molecule is C[C@@H]1CCCN(C(=O)[C@H]2CC(=O)N(CC(F)(F)F)C2)[C@H]1CN. The summed E-state index contributed by atoms with van der Waals surface area (Å²) in [4.78, 5) is 26.7. The van der Waals surface area contributed by atoms with E-state index in [9.17, 15) is 22.8 Å². The molecule has 0 radical (unpaired) electrons. The number of alkyl halides is 3. The normalized spacial score (nSPS) is 30.0. The van der Waals surface area contributed by atoms with Crippen molar-refractivity contribution in [1.29, 1.82) is 0 Å². The Bertz CT molecular complexity index is 442. The molecule has 2 fully saturated rings. The van der Waals surface area contributed by atoms with E-state index in [4.69, 9.17) is 5.73 Å². The first-order chi connectivity index (χ1) is 10.2. The van der Waals surface area contributed by atoms with Crippen LogP contribution in [0.5, 0.6) is 0 Å². The van der Waals surface area contributed by atoms with Gasteiger partial charge in [-0.25, -0.2) is 0 Å². The third-order valence-corrected chi connectivity index (χ3v) is 4.57. The Morgan fingerprint density at radius 1 is 1.41 bits per heavy atom. The van der Waals surface area contributed by atoms with E-state index in [-0.39, 0.29) is 30.8 Å². The molecule has 2 heterocycles. The molecule has 0 aromatic carbocycles. The van der Waals surface area contributed by atoms with Gasteiger partial charge in [0.25, 0.3) is 0 Å². The van der Waals surface area contributed by atoms with Crippen molar-refractivity contribution in [3.8, 4) is 0 Å². The smallest absolute Gasteiger partial charge is 0.338 e. The van der Waals surface area contributed by atoms with Crippen molar-refractivity contribution < 1.29 is 22.8 Å². The number of rotatable bonds is 3. The van der Waals surface area contributed by atoms with Gasteiger partial charge in [-0.3, -0.25) is 9.59 Å². The monoisotopic (exact) mass is 321 g/mol. The molecule has 0 aromatic heterocycles. The van der Waals surface area contributed by atoms with Crippen LogP contribution in [0, 0.1) is 11.8 Å². The summed E-state index contributed by atoms with van der Waals surface area (Å²) in [7, 11) is 0. The molecule has 0 aromatic rings. The van der Waals surface area contributed by atoms with Crippen molar-refractivity contribution in [2.45, 2.75) is 38.4 Å². The van der Waals surface area contributed by atoms with E-state index < -0.39 is 24.5 Å². The summed E-state index contributed by atoms with van der Waals surface area (Å²) in [5.74, 6) is -1.26. The van der Waals surface area contributed by atoms with Crippen LogP contribution < -0.4 is 5.73 Å². The quantitative estimate of drug-likeness (QED) is 0.843. The number of halogens is 3. The van der Waals surface area contributed by atoms with Crippen molar-refractivity contribution in [3.05, 3.63) is 0 Å². The van der Waals surface area contributed by atoms with E-state index in [1.807, 2.05) is 6.92 Å². The molecule has 0 bridgehead atoms. The molecule has 126 valence electrons. The Balaban J connectivity index is 2.02. The van der Waals surface area contributed by atoms with Crippen molar-refractivity contribution in [2.24, 2.45) is 17.6 Å². The lowest BCUT2D eigenvalue weighted by atomic mass is 9.89. The van der Waals surface area contributed by atoms with Crippen LogP contribution in [-0.2, 0) is 9.59 Å². The van der Waals surface area contributed by atoms with Crippen LogP contribution in [-0.4, -0.2) is 60.0 Å². The van der Waals surface area contributed by atoms with Crippen LogP contribution in [0.3, 0.4) is 0 Å². The van der Waals surface area contributed by atoms with Crippen molar-refractivity contribution in [3.63, 3.8) is 0 Å². The predicted octanol–water partition coefficient (Wildman–Crippen LogP) is 0.983. The molecule has 0 spiro atoms. The van der Waals surface area contributed by atoms with Crippen LogP contribution in [0.15, 0.2) is 0 Å². The maximum atomic E-state index is 12.6. The maximum Gasteiger partial charge on any atom is 0.406 e. The third kappa shape index (κ3) is 3.71. The Morgan fingerprint density at radius 3 is 2.68 bits per heavy atom. The number of nitrogens with zero attached hydrogens (tertiary/aromatic N) is 2. The highest BCUT2D eigenvalue weighted by Crippen LogP contribution is 2.29. The van der Waals surface area contributed by atoms with Crippen LogP contribution in [0.2, 0.25) is 0 Å². The fraction of sp³-hybridized carbons (Fsp3) is 0.857. The standard InChI is InChI=1S/C14H22F3N3O2/c1-9-3-2-4-20(11(9)6-18)13(22)10-5-12(21)19(7-10)8-14(15,16)17/h9-11H,2-8,18H2,1H3/t9-,10+,11+/m1/s1. The van der Waals surface area contributed by atoms with Crippen LogP contribution in [0.1, 0.15) is 26.2 Å². The molecule has 2 aliphatic heterocycles. The van der Waals surface area contributed by atoms with E-state index in [1.54, 1.807) is 4.90 Å². The molecular formula is C14H22F3N3O2. The zero-order valence-electron chi connectivity index (χ0n) is 12.6. The maximum absolute atomic E-state index is 12.6. The molecule has 2 amide bonds. The Hall–Kier alpha value is -1.31. The average molecular weight is 321 g/mol. The summed E-state index contributed by atoms with van der Waals surface area (Å²) in [6.07, 6.45) is -2.74. The van der Waals surface area contributed by atoms with Gasteiger partial charge >= 0.3 is 6.18 Å². The average Bonchev–Trinajstić information content (AvgIpc) is 2.77. The van der Waals surface area contributed by atoms with Crippen molar-refractivity contribution >= 4 is 11.8 Å². The predicted molar refractivity (Wildman–Crippen MR) is 73.7 cm³/mol. The number of likely N-dealkylation sites (tertiary alicyclic amines) is 2. The van der Waals surface area contributed by atoms with Crippen LogP contribution in [0.25, 0.3) is 0 Å². The van der Waals surface area contributed by atoms with Gasteiger partial charge in [-0.05, 0) is 18.8 Å². The Morgan fingerprint density at radius 2 is 2.09 bits per heavy atom. The van der Waals surface area contributed by atoms with Gasteiger partial charge in [-0.2, -0.15) is 13.2 Å². The fourth-order valence-corrected chi connectivity index (χ4v) is 3.42. The summed E-state index contributed by atoms with van der Waals surface area (Å²) in [5, 5.41) is 0. The van der Waals surface area contributed by atoms with Gasteiger partial charge in [0, 0.05) is 32.1 Å². The summed E-state index contributed by atoms with van der Waals surface area (Å²) in [6, 6.07) is -0.0898. The second-order valence-electron chi connectivity index (χ2n) is 6.24. The van der Waals surface area contributed by atoms with Gasteiger partial charge in [0.15, 0.2) is 0 Å². The summed E-state index contributed by atoms with van der Waals surface area (Å²) < 4.78 is 37.3. The van der Waals surface area contributed by atoms with Gasteiger partial charge in [-0.1, -0.05) is 6.92 Å². The molecule has 2 N–H and O–H groups in total. The second-order valence-corrected chi connectivity index (χ2v) is 6.24. The van der Waals surface area contributed by atoms with E-state index >= 15 is 0 Å². The molecule has 2 saturated heterocycles. The molecule has 0 aliphatic carbocycles. The highest BCUT2D eigenvalue weighted by Gasteiger charge is 2.43. The number of amides is 2. The van der Waals surface area contributed by atoms with Crippen molar-refractivity contribution in [2.75, 3.05) is 26.2 Å². The van der Waals surface area contributed by atoms with Crippen molar-refractivity contribution in [1.82, 2.24) is 9.80 Å². The number of carbonyl (C=O) groups excluding carboxylic acids is 2. The summed E-state index contributed by atoms with van der Waals surface area (Å²) >= 11 is 0. The number of piperidine rings is 1. The van der Waals surface area contributed by atoms with Gasteiger partial charge in [0.05, 0.1) is 5.92 Å². The van der Waals surface area contributed by atoms with Gasteiger partial charge in [0.1, 0.15) is 6.54 Å². The first-order valence-electron chi connectivity index (χ1n) is 7.58. The Kier molecular flexibility index (Phi) is 4.99. The van der Waals surface area contributed by atoms with Gasteiger partial charge in [0.2, 0.25) is 11.8 Å². The third-order valence-electron chi connectivity index (χ3n) is 4.57. The van der Waals surface area contributed by atoms with E-state index in [1.165, 1.54) is 0 Å². The minimum Gasteiger partial charge on any atom is -0.338 e. The number of hydrogen-bond acceptors (Lipinski definition) is 3. The highest BCUT2D eigenvalue weighted by molar-refractivity contribution is 5.89. The molecule has 22 heavy (non-hydrogen) atoms. The minimum atomic E-state index is -4.44. The molecule has 2 rings (SSSR count). The molecule has 3 atom stereocenters. The number of carbonyl (C=O) groups is 2. The molecule has 5 nitrogen and oxygen atoms in total. The highest BCUT2D eigenvalue weighted by atomic mass is 19.4. The molecule has 0 unspecified atom stereocenters. The lowest BCUT2D eigenvalue weighted by Crippen LogP contribution is -2.53. The van der Waals surface area contributed by atoms with E-state index in [0.29, 0.717) is 13.1 Å². The lowest BCUT2D eigenvalue weighted by Gasteiger charge is -2.40. The lowest BCUT2D eigenvalue weighted by molar-refractivity contribution is -0.157. The van der Waals surface area contributed by atoms with E-state index in [2.05, 4.69) is 0 Å². The summed E-state index contributed by atoms with van der Waals surface area (Å²) in [6.45, 7) is 1.48. The zero-order chi connectivity index (χ0) is 16.5. The topological polar surface area (TPSA) is 66.6 Å². The number of hydrogen-bond donors (Lipinski definition) is 1. The molecule has 2 aliphatic rings. The minimum absolute atomic E-state index is 0.0898. The summed E-state index contributed by atoms with van der Waals surface area (Å²) in [5.41, 5.74) is 5.74. The molecule has 8 heteroatoms. The van der Waals surface area contributed by atoms with Crippen LogP contribution in [0.4, 0.5) is 13.2 Å². The van der Waals surface area contributed by atoms with Gasteiger partial charge in [-0.15, -0.1) is 0 Å². The fourth-order valence-electron chi connectivity index (χ4n) is 3.42. The van der Waals surface area contributed by atoms with E-state index in [0.717, 1.165) is 17.7 Å². The molecular weight excluding hydrogens is 299 g/mol. The second kappa shape index (κ2) is 6.44.